The van der Waals surface area contributed by atoms with Crippen molar-refractivity contribution in [1.29, 1.82) is 0 Å². The zero-order valence-electron chi connectivity index (χ0n) is 22.3. The Morgan fingerprint density at radius 2 is 1.81 bits per heavy atom. The average Bonchev–Trinajstić information content (AvgIpc) is 3.45. The standard InChI is InChI=1S/C27H23Cl2F3N6O4/c1-4-20(26(41)34-15-6-7-16(19(29)10-15)25(40)33-2)37-12-22(42-3)18(11-24(37)39)17-9-14(28)5-8-21(17)38-13-23(35-36-38)27(30,31)32/h5-13,20H,4H2,1-3H3,(H,33,40)(H,34,41)/t20-/m0/s1. The zero-order chi connectivity index (χ0) is 30.8. The van der Waals surface area contributed by atoms with Crippen LogP contribution in [-0.4, -0.2) is 45.5 Å². The Morgan fingerprint density at radius 3 is 2.40 bits per heavy atom. The van der Waals surface area contributed by atoms with E-state index in [0.29, 0.717) is 11.9 Å². The van der Waals surface area contributed by atoms with Crippen LogP contribution in [0, 0.1) is 0 Å². The first-order valence-electron chi connectivity index (χ1n) is 12.3. The van der Waals surface area contributed by atoms with Gasteiger partial charge in [0, 0.05) is 35.0 Å². The van der Waals surface area contributed by atoms with Crippen molar-refractivity contribution in [3.8, 4) is 22.6 Å². The van der Waals surface area contributed by atoms with E-state index in [1.165, 1.54) is 67.4 Å². The van der Waals surface area contributed by atoms with Crippen LogP contribution in [0.1, 0.15) is 35.4 Å². The molecule has 2 N–H and O–H groups in total. The number of amides is 2. The predicted octanol–water partition coefficient (Wildman–Crippen LogP) is 5.38. The van der Waals surface area contributed by atoms with Gasteiger partial charge in [-0.15, -0.1) is 5.10 Å². The van der Waals surface area contributed by atoms with E-state index in [2.05, 4.69) is 20.9 Å². The zero-order valence-corrected chi connectivity index (χ0v) is 23.8. The van der Waals surface area contributed by atoms with Crippen LogP contribution in [0.25, 0.3) is 16.8 Å². The highest BCUT2D eigenvalue weighted by Crippen LogP contribution is 2.36. The number of pyridine rings is 1. The molecule has 0 spiro atoms. The Kier molecular flexibility index (Phi) is 8.92. The summed E-state index contributed by atoms with van der Waals surface area (Å²) in [5.74, 6) is -0.794. The fourth-order valence-corrected chi connectivity index (χ4v) is 4.66. The lowest BCUT2D eigenvalue weighted by molar-refractivity contribution is -0.141. The molecule has 2 aromatic heterocycles. The second kappa shape index (κ2) is 12.2. The molecule has 0 fully saturated rings. The maximum absolute atomic E-state index is 13.4. The minimum Gasteiger partial charge on any atom is -0.495 e. The molecule has 2 amide bonds. The van der Waals surface area contributed by atoms with Crippen molar-refractivity contribution >= 4 is 40.7 Å². The van der Waals surface area contributed by atoms with Gasteiger partial charge in [0.1, 0.15) is 11.8 Å². The maximum Gasteiger partial charge on any atom is 0.436 e. The number of rotatable bonds is 8. The van der Waals surface area contributed by atoms with Crippen LogP contribution >= 0.6 is 23.2 Å². The monoisotopic (exact) mass is 622 g/mol. The molecule has 2 heterocycles. The van der Waals surface area contributed by atoms with Crippen LogP contribution in [0.2, 0.25) is 10.0 Å². The van der Waals surface area contributed by atoms with Crippen molar-refractivity contribution in [3.05, 3.63) is 86.5 Å². The molecule has 0 aliphatic carbocycles. The first kappa shape index (κ1) is 30.6. The van der Waals surface area contributed by atoms with Gasteiger partial charge in [0.15, 0.2) is 5.69 Å². The molecule has 0 aliphatic heterocycles. The lowest BCUT2D eigenvalue weighted by atomic mass is 10.0. The second-order valence-corrected chi connectivity index (χ2v) is 9.74. The van der Waals surface area contributed by atoms with Gasteiger partial charge in [-0.1, -0.05) is 35.3 Å². The third-order valence-electron chi connectivity index (χ3n) is 6.28. The molecule has 0 unspecified atom stereocenters. The Morgan fingerprint density at radius 1 is 1.07 bits per heavy atom. The van der Waals surface area contributed by atoms with Gasteiger partial charge in [0.05, 0.1) is 35.8 Å². The number of nitrogens with one attached hydrogen (secondary N) is 2. The van der Waals surface area contributed by atoms with Crippen molar-refractivity contribution in [1.82, 2.24) is 24.9 Å². The molecule has 0 radical (unpaired) electrons. The van der Waals surface area contributed by atoms with Crippen molar-refractivity contribution in [2.45, 2.75) is 25.6 Å². The van der Waals surface area contributed by atoms with E-state index in [-0.39, 0.29) is 44.6 Å². The molecule has 0 bridgehead atoms. The number of anilines is 1. The summed E-state index contributed by atoms with van der Waals surface area (Å²) in [7, 11) is 2.80. The molecule has 42 heavy (non-hydrogen) atoms. The molecule has 0 saturated carbocycles. The Balaban J connectivity index is 1.72. The number of ether oxygens (including phenoxy) is 1. The van der Waals surface area contributed by atoms with Crippen molar-refractivity contribution in [3.63, 3.8) is 0 Å². The first-order valence-corrected chi connectivity index (χ1v) is 13.1. The summed E-state index contributed by atoms with van der Waals surface area (Å²) in [5.41, 5.74) is -0.671. The highest BCUT2D eigenvalue weighted by atomic mass is 35.5. The number of carbonyl (C=O) groups excluding carboxylic acids is 2. The van der Waals surface area contributed by atoms with Gasteiger partial charge in [-0.05, 0) is 42.8 Å². The van der Waals surface area contributed by atoms with Gasteiger partial charge in [-0.25, -0.2) is 4.68 Å². The van der Waals surface area contributed by atoms with Crippen LogP contribution in [0.3, 0.4) is 0 Å². The summed E-state index contributed by atoms with van der Waals surface area (Å²) < 4.78 is 47.1. The van der Waals surface area contributed by atoms with E-state index in [9.17, 15) is 27.6 Å². The minimum absolute atomic E-state index is 0.121. The van der Waals surface area contributed by atoms with Crippen LogP contribution in [0.15, 0.2) is 59.7 Å². The summed E-state index contributed by atoms with van der Waals surface area (Å²) in [6.07, 6.45) is -2.46. The average molecular weight is 623 g/mol. The third-order valence-corrected chi connectivity index (χ3v) is 6.82. The van der Waals surface area contributed by atoms with Gasteiger partial charge in [0.2, 0.25) is 5.91 Å². The molecule has 1 atom stereocenters. The molecule has 4 rings (SSSR count). The highest BCUT2D eigenvalue weighted by Gasteiger charge is 2.35. The van der Waals surface area contributed by atoms with Crippen LogP contribution in [0.4, 0.5) is 18.9 Å². The fourth-order valence-electron chi connectivity index (χ4n) is 4.23. The third kappa shape index (κ3) is 6.26. The van der Waals surface area contributed by atoms with Crippen molar-refractivity contribution < 1.29 is 27.5 Å². The van der Waals surface area contributed by atoms with E-state index in [1.807, 2.05) is 0 Å². The SMILES string of the molecule is CC[C@@H](C(=O)Nc1ccc(C(=O)NC)c(Cl)c1)n1cc(OC)c(-c2cc(Cl)ccc2-n2cc(C(F)(F)F)nn2)cc1=O. The molecule has 10 nitrogen and oxygen atoms in total. The maximum atomic E-state index is 13.4. The van der Waals surface area contributed by atoms with Crippen molar-refractivity contribution in [2.24, 2.45) is 0 Å². The summed E-state index contributed by atoms with van der Waals surface area (Å²) in [6.45, 7) is 1.71. The summed E-state index contributed by atoms with van der Waals surface area (Å²) in [5, 5.41) is 12.3. The summed E-state index contributed by atoms with van der Waals surface area (Å²) in [6, 6.07) is 8.91. The topological polar surface area (TPSA) is 120 Å². The summed E-state index contributed by atoms with van der Waals surface area (Å²) in [4.78, 5) is 38.5. The summed E-state index contributed by atoms with van der Waals surface area (Å²) >= 11 is 12.4. The van der Waals surface area contributed by atoms with E-state index in [1.54, 1.807) is 6.92 Å². The number of halogens is 5. The van der Waals surface area contributed by atoms with Gasteiger partial charge in [0.25, 0.3) is 11.5 Å². The molecule has 0 saturated heterocycles. The fraction of sp³-hybridized carbons (Fsp3) is 0.222. The van der Waals surface area contributed by atoms with Gasteiger partial charge in [-0.2, -0.15) is 13.2 Å². The number of hydrogen-bond donors (Lipinski definition) is 2. The molecular formula is C27H23Cl2F3N6O4. The Labute approximate surface area is 247 Å². The smallest absolute Gasteiger partial charge is 0.436 e. The van der Waals surface area contributed by atoms with Crippen LogP contribution < -0.4 is 20.9 Å². The van der Waals surface area contributed by atoms with Crippen LogP contribution in [-0.2, 0) is 11.0 Å². The number of carbonyl (C=O) groups is 2. The molecule has 2 aromatic carbocycles. The second-order valence-electron chi connectivity index (χ2n) is 8.90. The molecule has 0 aliphatic rings. The van der Waals surface area contributed by atoms with E-state index >= 15 is 0 Å². The number of hydrogen-bond acceptors (Lipinski definition) is 6. The lowest BCUT2D eigenvalue weighted by Gasteiger charge is -2.21. The number of benzene rings is 2. The van der Waals surface area contributed by atoms with E-state index in [0.717, 1.165) is 4.68 Å². The number of alkyl halides is 3. The molecule has 15 heteroatoms. The first-order chi connectivity index (χ1) is 19.9. The number of methoxy groups -OCH3 is 1. The Bertz CT molecular complexity index is 1720. The van der Waals surface area contributed by atoms with Gasteiger partial charge < -0.3 is 15.4 Å². The van der Waals surface area contributed by atoms with E-state index in [4.69, 9.17) is 27.9 Å². The lowest BCUT2D eigenvalue weighted by Crippen LogP contribution is -2.32. The predicted molar refractivity (Wildman–Crippen MR) is 150 cm³/mol. The highest BCUT2D eigenvalue weighted by molar-refractivity contribution is 6.34. The van der Waals surface area contributed by atoms with Crippen LogP contribution in [0.5, 0.6) is 5.75 Å². The van der Waals surface area contributed by atoms with Gasteiger partial charge in [-0.3, -0.25) is 19.0 Å². The number of nitrogens with zero attached hydrogens (tertiary/aromatic N) is 4. The number of aromatic nitrogens is 4. The molecule has 4 aromatic rings. The van der Waals surface area contributed by atoms with E-state index < -0.39 is 35.3 Å². The van der Waals surface area contributed by atoms with Crippen molar-refractivity contribution in [2.75, 3.05) is 19.5 Å². The minimum atomic E-state index is -4.71. The van der Waals surface area contributed by atoms with Gasteiger partial charge >= 0.3 is 6.18 Å². The normalized spacial score (nSPS) is 12.1. The Hall–Kier alpha value is -4.36. The molecule has 220 valence electrons. The largest absolute Gasteiger partial charge is 0.495 e. The quantitative estimate of drug-likeness (QED) is 0.272. The molecular weight excluding hydrogens is 600 g/mol.